The van der Waals surface area contributed by atoms with Gasteiger partial charge in [0, 0.05) is 16.7 Å². The summed E-state index contributed by atoms with van der Waals surface area (Å²) in [7, 11) is 0. The van der Waals surface area contributed by atoms with Crippen molar-refractivity contribution in [3.63, 3.8) is 0 Å². The van der Waals surface area contributed by atoms with Gasteiger partial charge in [0.05, 0.1) is 0 Å². The molecule has 0 bridgehead atoms. The monoisotopic (exact) mass is 299 g/mol. The summed E-state index contributed by atoms with van der Waals surface area (Å²) in [6.45, 7) is 7.59. The maximum Gasteiger partial charge on any atom is 0.0317 e. The molecule has 112 valence electrons. The molecule has 0 amide bonds. The molecule has 0 saturated carbocycles. The number of benzene rings is 2. The lowest BCUT2D eigenvalue weighted by Crippen LogP contribution is -2.19. The van der Waals surface area contributed by atoms with Crippen molar-refractivity contribution in [1.82, 2.24) is 5.32 Å². The molecule has 0 heterocycles. The van der Waals surface area contributed by atoms with Gasteiger partial charge in [-0.2, -0.15) is 0 Å². The Morgan fingerprint density at radius 2 is 1.71 bits per heavy atom. The van der Waals surface area contributed by atoms with Crippen LogP contribution in [0.15, 0.2) is 53.4 Å². The van der Waals surface area contributed by atoms with E-state index in [-0.39, 0.29) is 0 Å². The van der Waals surface area contributed by atoms with Crippen LogP contribution in [0.4, 0.5) is 0 Å². The standard InChI is InChI=1S/C19H25NS/c1-4-19(20-5-2)16-10-12-18(13-11-16)21-14-17-9-7-6-8-15(17)3/h6-13,19-20H,4-5,14H2,1-3H3. The zero-order valence-corrected chi connectivity index (χ0v) is 14.0. The van der Waals surface area contributed by atoms with Gasteiger partial charge in [0.1, 0.15) is 0 Å². The van der Waals surface area contributed by atoms with E-state index in [0.717, 1.165) is 18.7 Å². The summed E-state index contributed by atoms with van der Waals surface area (Å²) in [4.78, 5) is 1.34. The molecule has 0 fully saturated rings. The molecule has 2 aromatic rings. The van der Waals surface area contributed by atoms with Gasteiger partial charge >= 0.3 is 0 Å². The van der Waals surface area contributed by atoms with Crippen LogP contribution in [0.5, 0.6) is 0 Å². The van der Waals surface area contributed by atoms with Crippen LogP contribution in [0.25, 0.3) is 0 Å². The van der Waals surface area contributed by atoms with E-state index in [4.69, 9.17) is 0 Å². The van der Waals surface area contributed by atoms with Crippen LogP contribution >= 0.6 is 11.8 Å². The molecule has 0 saturated heterocycles. The number of aryl methyl sites for hydroxylation is 1. The highest BCUT2D eigenvalue weighted by atomic mass is 32.2. The molecule has 2 rings (SSSR count). The molecular formula is C19H25NS. The van der Waals surface area contributed by atoms with E-state index in [1.807, 2.05) is 11.8 Å². The first-order chi connectivity index (χ1) is 10.2. The van der Waals surface area contributed by atoms with Gasteiger partial charge in [0.25, 0.3) is 0 Å². The summed E-state index contributed by atoms with van der Waals surface area (Å²) in [6, 6.07) is 18.1. The van der Waals surface area contributed by atoms with Gasteiger partial charge in [-0.15, -0.1) is 11.8 Å². The Bertz CT molecular complexity index is 548. The molecule has 21 heavy (non-hydrogen) atoms. The Balaban J connectivity index is 1.98. The minimum Gasteiger partial charge on any atom is -0.310 e. The van der Waals surface area contributed by atoms with Gasteiger partial charge in [0.2, 0.25) is 0 Å². The average Bonchev–Trinajstić information content (AvgIpc) is 2.52. The molecule has 0 radical (unpaired) electrons. The van der Waals surface area contributed by atoms with Crippen LogP contribution < -0.4 is 5.32 Å². The highest BCUT2D eigenvalue weighted by molar-refractivity contribution is 7.98. The highest BCUT2D eigenvalue weighted by Gasteiger charge is 2.07. The smallest absolute Gasteiger partial charge is 0.0317 e. The van der Waals surface area contributed by atoms with Crippen molar-refractivity contribution in [3.8, 4) is 0 Å². The number of hydrogen-bond acceptors (Lipinski definition) is 2. The number of thioether (sulfide) groups is 1. The first kappa shape index (κ1) is 16.1. The Morgan fingerprint density at radius 1 is 1.00 bits per heavy atom. The van der Waals surface area contributed by atoms with E-state index >= 15 is 0 Å². The molecule has 1 atom stereocenters. The molecule has 2 aromatic carbocycles. The van der Waals surface area contributed by atoms with Crippen molar-refractivity contribution in [2.45, 2.75) is 43.9 Å². The van der Waals surface area contributed by atoms with Crippen LogP contribution in [0.2, 0.25) is 0 Å². The lowest BCUT2D eigenvalue weighted by molar-refractivity contribution is 0.537. The summed E-state index contributed by atoms with van der Waals surface area (Å²) < 4.78 is 0. The molecule has 2 heteroatoms. The van der Waals surface area contributed by atoms with Gasteiger partial charge in [-0.25, -0.2) is 0 Å². The summed E-state index contributed by atoms with van der Waals surface area (Å²) in [6.07, 6.45) is 1.13. The third-order valence-electron chi connectivity index (χ3n) is 3.80. The van der Waals surface area contributed by atoms with Crippen molar-refractivity contribution >= 4 is 11.8 Å². The third kappa shape index (κ3) is 4.62. The van der Waals surface area contributed by atoms with Gasteiger partial charge < -0.3 is 5.32 Å². The van der Waals surface area contributed by atoms with Crippen molar-refractivity contribution in [2.24, 2.45) is 0 Å². The highest BCUT2D eigenvalue weighted by Crippen LogP contribution is 2.26. The van der Waals surface area contributed by atoms with Gasteiger partial charge in [-0.05, 0) is 48.7 Å². The van der Waals surface area contributed by atoms with Crippen LogP contribution in [0.1, 0.15) is 43.0 Å². The molecule has 0 aliphatic heterocycles. The molecule has 1 unspecified atom stereocenters. The summed E-state index contributed by atoms with van der Waals surface area (Å²) in [5.74, 6) is 1.04. The van der Waals surface area contributed by atoms with E-state index < -0.39 is 0 Å². The molecule has 1 N–H and O–H groups in total. The molecule has 0 aromatic heterocycles. The summed E-state index contributed by atoms with van der Waals surface area (Å²) in [5, 5.41) is 3.53. The van der Waals surface area contributed by atoms with Gasteiger partial charge in [-0.1, -0.05) is 50.2 Å². The lowest BCUT2D eigenvalue weighted by atomic mass is 10.1. The number of hydrogen-bond donors (Lipinski definition) is 1. The summed E-state index contributed by atoms with van der Waals surface area (Å²) in [5.41, 5.74) is 4.19. The minimum absolute atomic E-state index is 0.477. The third-order valence-corrected chi connectivity index (χ3v) is 4.86. The topological polar surface area (TPSA) is 12.0 Å². The maximum atomic E-state index is 3.53. The largest absolute Gasteiger partial charge is 0.310 e. The first-order valence-corrected chi connectivity index (χ1v) is 8.73. The molecule has 0 spiro atoms. The Hall–Kier alpha value is -1.25. The normalized spacial score (nSPS) is 12.3. The molecule has 1 nitrogen and oxygen atoms in total. The van der Waals surface area contributed by atoms with E-state index in [1.54, 1.807) is 0 Å². The lowest BCUT2D eigenvalue weighted by Gasteiger charge is -2.16. The number of rotatable bonds is 7. The second kappa shape index (κ2) is 8.26. The van der Waals surface area contributed by atoms with Gasteiger partial charge in [0.15, 0.2) is 0 Å². The Kier molecular flexibility index (Phi) is 6.34. The van der Waals surface area contributed by atoms with Crippen molar-refractivity contribution in [2.75, 3.05) is 6.54 Å². The molecule has 0 aliphatic carbocycles. The van der Waals surface area contributed by atoms with Crippen molar-refractivity contribution in [1.29, 1.82) is 0 Å². The quantitative estimate of drug-likeness (QED) is 0.692. The zero-order valence-electron chi connectivity index (χ0n) is 13.2. The predicted molar refractivity (Wildman–Crippen MR) is 93.9 cm³/mol. The summed E-state index contributed by atoms with van der Waals surface area (Å²) >= 11 is 1.91. The molecule has 0 aliphatic rings. The Labute approximate surface area is 133 Å². The zero-order chi connectivity index (χ0) is 15.1. The Morgan fingerprint density at radius 3 is 2.33 bits per heavy atom. The van der Waals surface area contributed by atoms with Crippen LogP contribution in [0.3, 0.4) is 0 Å². The van der Waals surface area contributed by atoms with Crippen molar-refractivity contribution < 1.29 is 0 Å². The van der Waals surface area contributed by atoms with Crippen molar-refractivity contribution in [3.05, 3.63) is 65.2 Å². The number of nitrogens with one attached hydrogen (secondary N) is 1. The second-order valence-electron chi connectivity index (χ2n) is 5.30. The maximum absolute atomic E-state index is 3.53. The fourth-order valence-corrected chi connectivity index (χ4v) is 3.45. The predicted octanol–water partition coefficient (Wildman–Crippen LogP) is 5.35. The second-order valence-corrected chi connectivity index (χ2v) is 6.35. The van der Waals surface area contributed by atoms with Crippen LogP contribution in [0, 0.1) is 6.92 Å². The molecular weight excluding hydrogens is 274 g/mol. The van der Waals surface area contributed by atoms with E-state index in [0.29, 0.717) is 6.04 Å². The minimum atomic E-state index is 0.477. The van der Waals surface area contributed by atoms with E-state index in [9.17, 15) is 0 Å². The van der Waals surface area contributed by atoms with E-state index in [2.05, 4.69) is 74.6 Å². The van der Waals surface area contributed by atoms with Crippen LogP contribution in [-0.4, -0.2) is 6.54 Å². The van der Waals surface area contributed by atoms with Gasteiger partial charge in [-0.3, -0.25) is 0 Å². The van der Waals surface area contributed by atoms with Crippen LogP contribution in [-0.2, 0) is 5.75 Å². The SMILES string of the molecule is CCNC(CC)c1ccc(SCc2ccccc2C)cc1. The first-order valence-electron chi connectivity index (χ1n) is 7.75. The fourth-order valence-electron chi connectivity index (χ4n) is 2.47. The average molecular weight is 299 g/mol. The fraction of sp³-hybridized carbons (Fsp3) is 0.368. The van der Waals surface area contributed by atoms with E-state index in [1.165, 1.54) is 21.6 Å².